The number of benzene rings is 1. The number of rotatable bonds is 3. The van der Waals surface area contributed by atoms with Crippen LogP contribution in [0.15, 0.2) is 24.3 Å². The standard InChI is InChI=1S/C11H15FN2.ClH/c12-10-3-1-2-9(6-10)7-14-11-4-5-13-8-11;/h1-3,6,11,13-14H,4-5,7-8H2;1H/t11-;/m1./s1. The van der Waals surface area contributed by atoms with Crippen molar-refractivity contribution in [3.63, 3.8) is 0 Å². The third-order valence-corrected chi connectivity index (χ3v) is 2.54. The molecule has 15 heavy (non-hydrogen) atoms. The lowest BCUT2D eigenvalue weighted by Crippen LogP contribution is -2.30. The zero-order valence-corrected chi connectivity index (χ0v) is 9.32. The topological polar surface area (TPSA) is 24.1 Å². The van der Waals surface area contributed by atoms with Crippen molar-refractivity contribution < 1.29 is 4.39 Å². The SMILES string of the molecule is Cl.Fc1cccc(CN[C@@H]2CCNC2)c1. The van der Waals surface area contributed by atoms with Crippen LogP contribution in [0.5, 0.6) is 0 Å². The van der Waals surface area contributed by atoms with Gasteiger partial charge in [-0.25, -0.2) is 4.39 Å². The molecule has 1 aromatic carbocycles. The van der Waals surface area contributed by atoms with E-state index >= 15 is 0 Å². The van der Waals surface area contributed by atoms with Crippen LogP contribution in [0.1, 0.15) is 12.0 Å². The first-order chi connectivity index (χ1) is 6.84. The second-order valence-corrected chi connectivity index (χ2v) is 3.70. The van der Waals surface area contributed by atoms with Crippen molar-refractivity contribution >= 4 is 12.4 Å². The molecule has 1 atom stereocenters. The van der Waals surface area contributed by atoms with Crippen LogP contribution in [0.25, 0.3) is 0 Å². The van der Waals surface area contributed by atoms with Gasteiger partial charge in [0.05, 0.1) is 0 Å². The average molecular weight is 231 g/mol. The molecule has 1 aromatic rings. The Morgan fingerprint density at radius 3 is 3.00 bits per heavy atom. The lowest BCUT2D eigenvalue weighted by atomic mass is 10.2. The van der Waals surface area contributed by atoms with E-state index in [-0.39, 0.29) is 18.2 Å². The van der Waals surface area contributed by atoms with Gasteiger partial charge < -0.3 is 10.6 Å². The Morgan fingerprint density at radius 1 is 1.47 bits per heavy atom. The van der Waals surface area contributed by atoms with E-state index in [4.69, 9.17) is 0 Å². The maximum atomic E-state index is 12.8. The van der Waals surface area contributed by atoms with E-state index in [0.29, 0.717) is 6.04 Å². The number of halogens is 2. The Balaban J connectivity index is 0.00000112. The summed E-state index contributed by atoms with van der Waals surface area (Å²) in [5.41, 5.74) is 1.01. The minimum Gasteiger partial charge on any atom is -0.315 e. The molecule has 2 nitrogen and oxygen atoms in total. The molecule has 0 saturated carbocycles. The van der Waals surface area contributed by atoms with Gasteiger partial charge in [0.1, 0.15) is 5.82 Å². The third-order valence-electron chi connectivity index (χ3n) is 2.54. The Labute approximate surface area is 95.7 Å². The molecule has 0 aliphatic carbocycles. The van der Waals surface area contributed by atoms with Gasteiger partial charge in [-0.15, -0.1) is 12.4 Å². The first kappa shape index (κ1) is 12.4. The van der Waals surface area contributed by atoms with Crippen molar-refractivity contribution in [2.75, 3.05) is 13.1 Å². The van der Waals surface area contributed by atoms with Crippen molar-refractivity contribution in [1.29, 1.82) is 0 Å². The van der Waals surface area contributed by atoms with E-state index in [2.05, 4.69) is 10.6 Å². The summed E-state index contributed by atoms with van der Waals surface area (Å²) in [6, 6.07) is 7.28. The number of nitrogens with one attached hydrogen (secondary N) is 2. The highest BCUT2D eigenvalue weighted by molar-refractivity contribution is 5.85. The summed E-state index contributed by atoms with van der Waals surface area (Å²) in [4.78, 5) is 0. The molecule has 1 fully saturated rings. The lowest BCUT2D eigenvalue weighted by Gasteiger charge is -2.10. The predicted molar refractivity (Wildman–Crippen MR) is 61.8 cm³/mol. The molecule has 0 spiro atoms. The van der Waals surface area contributed by atoms with Crippen LogP contribution in [0, 0.1) is 5.82 Å². The van der Waals surface area contributed by atoms with Gasteiger partial charge in [-0.1, -0.05) is 12.1 Å². The van der Waals surface area contributed by atoms with Crippen molar-refractivity contribution in [2.24, 2.45) is 0 Å². The molecule has 0 bridgehead atoms. The van der Waals surface area contributed by atoms with E-state index in [1.807, 2.05) is 6.07 Å². The van der Waals surface area contributed by atoms with Crippen LogP contribution < -0.4 is 10.6 Å². The summed E-state index contributed by atoms with van der Waals surface area (Å²) in [6.45, 7) is 2.86. The maximum absolute atomic E-state index is 12.8. The zero-order chi connectivity index (χ0) is 9.80. The smallest absolute Gasteiger partial charge is 0.123 e. The van der Waals surface area contributed by atoms with Crippen LogP contribution in [0.2, 0.25) is 0 Å². The average Bonchev–Trinajstić information content (AvgIpc) is 2.67. The molecule has 1 aliphatic heterocycles. The van der Waals surface area contributed by atoms with E-state index in [0.717, 1.165) is 31.6 Å². The Morgan fingerprint density at radius 2 is 2.33 bits per heavy atom. The van der Waals surface area contributed by atoms with Crippen LogP contribution in [0.4, 0.5) is 4.39 Å². The molecular formula is C11H16ClFN2. The fraction of sp³-hybridized carbons (Fsp3) is 0.455. The largest absolute Gasteiger partial charge is 0.315 e. The Hall–Kier alpha value is -0.640. The van der Waals surface area contributed by atoms with Gasteiger partial charge in [-0.05, 0) is 30.7 Å². The Kier molecular flexibility index (Phi) is 5.02. The molecule has 1 saturated heterocycles. The highest BCUT2D eigenvalue weighted by atomic mass is 35.5. The van der Waals surface area contributed by atoms with Crippen LogP contribution >= 0.6 is 12.4 Å². The molecular weight excluding hydrogens is 215 g/mol. The second kappa shape index (κ2) is 6.05. The molecule has 1 heterocycles. The van der Waals surface area contributed by atoms with Gasteiger partial charge in [0.25, 0.3) is 0 Å². The van der Waals surface area contributed by atoms with Crippen LogP contribution in [-0.4, -0.2) is 19.1 Å². The van der Waals surface area contributed by atoms with E-state index < -0.39 is 0 Å². The molecule has 0 unspecified atom stereocenters. The maximum Gasteiger partial charge on any atom is 0.123 e. The summed E-state index contributed by atoms with van der Waals surface area (Å²) in [6.07, 6.45) is 1.16. The summed E-state index contributed by atoms with van der Waals surface area (Å²) in [5.74, 6) is -0.158. The fourth-order valence-electron chi connectivity index (χ4n) is 1.74. The predicted octanol–water partition coefficient (Wildman–Crippen LogP) is 1.70. The first-order valence-corrected chi connectivity index (χ1v) is 5.03. The number of hydrogen-bond donors (Lipinski definition) is 2. The van der Waals surface area contributed by atoms with Gasteiger partial charge >= 0.3 is 0 Å². The fourth-order valence-corrected chi connectivity index (χ4v) is 1.74. The third kappa shape index (κ3) is 3.78. The second-order valence-electron chi connectivity index (χ2n) is 3.70. The summed E-state index contributed by atoms with van der Waals surface area (Å²) in [7, 11) is 0. The normalized spacial score (nSPS) is 19.9. The van der Waals surface area contributed by atoms with Gasteiger partial charge in [0.2, 0.25) is 0 Å². The zero-order valence-electron chi connectivity index (χ0n) is 8.50. The minimum atomic E-state index is -0.158. The molecule has 1 aliphatic rings. The molecule has 4 heteroatoms. The number of hydrogen-bond acceptors (Lipinski definition) is 2. The molecule has 2 N–H and O–H groups in total. The van der Waals surface area contributed by atoms with Crippen LogP contribution in [0.3, 0.4) is 0 Å². The summed E-state index contributed by atoms with van der Waals surface area (Å²) < 4.78 is 12.8. The van der Waals surface area contributed by atoms with Gasteiger partial charge in [-0.3, -0.25) is 0 Å². The van der Waals surface area contributed by atoms with Gasteiger partial charge in [0, 0.05) is 19.1 Å². The van der Waals surface area contributed by atoms with Crippen molar-refractivity contribution in [3.05, 3.63) is 35.6 Å². The van der Waals surface area contributed by atoms with Crippen molar-refractivity contribution in [2.45, 2.75) is 19.0 Å². The molecule has 0 radical (unpaired) electrons. The summed E-state index contributed by atoms with van der Waals surface area (Å²) in [5, 5.41) is 6.68. The molecule has 0 aromatic heterocycles. The van der Waals surface area contributed by atoms with E-state index in [1.54, 1.807) is 12.1 Å². The Bertz CT molecular complexity index is 300. The molecule has 0 amide bonds. The first-order valence-electron chi connectivity index (χ1n) is 5.03. The monoisotopic (exact) mass is 230 g/mol. The molecule has 84 valence electrons. The summed E-state index contributed by atoms with van der Waals surface area (Å²) >= 11 is 0. The van der Waals surface area contributed by atoms with Crippen LogP contribution in [-0.2, 0) is 6.54 Å². The quantitative estimate of drug-likeness (QED) is 0.826. The lowest BCUT2D eigenvalue weighted by molar-refractivity contribution is 0.544. The van der Waals surface area contributed by atoms with Crippen molar-refractivity contribution in [1.82, 2.24) is 10.6 Å². The minimum absolute atomic E-state index is 0. The van der Waals surface area contributed by atoms with Gasteiger partial charge in [-0.2, -0.15) is 0 Å². The molecule has 2 rings (SSSR count). The van der Waals surface area contributed by atoms with Gasteiger partial charge in [0.15, 0.2) is 0 Å². The van der Waals surface area contributed by atoms with Crippen molar-refractivity contribution in [3.8, 4) is 0 Å². The van der Waals surface area contributed by atoms with E-state index in [9.17, 15) is 4.39 Å². The van der Waals surface area contributed by atoms with E-state index in [1.165, 1.54) is 6.07 Å². The highest BCUT2D eigenvalue weighted by Crippen LogP contribution is 2.04. The highest BCUT2D eigenvalue weighted by Gasteiger charge is 2.12.